The normalized spacial score (nSPS) is 19.1. The molecule has 7 nitrogen and oxygen atoms in total. The van der Waals surface area contributed by atoms with Gasteiger partial charge in [0.15, 0.2) is 0 Å². The van der Waals surface area contributed by atoms with E-state index >= 15 is 0 Å². The van der Waals surface area contributed by atoms with Crippen molar-refractivity contribution in [3.8, 4) is 0 Å². The van der Waals surface area contributed by atoms with E-state index in [0.717, 1.165) is 31.6 Å². The molecule has 0 aromatic heterocycles. The lowest BCUT2D eigenvalue weighted by Gasteiger charge is -2.41. The van der Waals surface area contributed by atoms with E-state index in [1.54, 1.807) is 12.1 Å². The molecular weight excluding hydrogens is 346 g/mol. The molecule has 7 heteroatoms. The second-order valence-corrected chi connectivity index (χ2v) is 7.33. The minimum absolute atomic E-state index is 0.106. The Kier molecular flexibility index (Phi) is 6.68. The molecule has 1 aromatic rings. The van der Waals surface area contributed by atoms with Gasteiger partial charge in [-0.2, -0.15) is 0 Å². The van der Waals surface area contributed by atoms with E-state index in [2.05, 4.69) is 15.1 Å². The number of piperidine rings is 2. The Morgan fingerprint density at radius 3 is 2.48 bits per heavy atom. The smallest absolute Gasteiger partial charge is 0.337 e. The third-order valence-electron chi connectivity index (χ3n) is 5.52. The van der Waals surface area contributed by atoms with Gasteiger partial charge in [-0.3, -0.25) is 4.79 Å². The monoisotopic (exact) mass is 375 g/mol. The average molecular weight is 375 g/mol. The van der Waals surface area contributed by atoms with Gasteiger partial charge in [0.2, 0.25) is 5.91 Å². The maximum absolute atomic E-state index is 11.7. The molecule has 0 unspecified atom stereocenters. The van der Waals surface area contributed by atoms with Gasteiger partial charge in [-0.05, 0) is 57.0 Å². The maximum Gasteiger partial charge on any atom is 0.337 e. The summed E-state index contributed by atoms with van der Waals surface area (Å²) in [6, 6.07) is 5.86. The fourth-order valence-electron chi connectivity index (χ4n) is 4.10. The quantitative estimate of drug-likeness (QED) is 0.795. The third kappa shape index (κ3) is 4.99. The van der Waals surface area contributed by atoms with Crippen LogP contribution in [0, 0.1) is 0 Å². The van der Waals surface area contributed by atoms with Crippen LogP contribution in [0.5, 0.6) is 0 Å². The van der Waals surface area contributed by atoms with Crippen LogP contribution < -0.4 is 10.2 Å². The summed E-state index contributed by atoms with van der Waals surface area (Å²) in [6.07, 6.45) is 6.17. The lowest BCUT2D eigenvalue weighted by Crippen LogP contribution is -2.46. The van der Waals surface area contributed by atoms with Crippen molar-refractivity contribution in [2.75, 3.05) is 50.1 Å². The molecule has 0 spiro atoms. The van der Waals surface area contributed by atoms with E-state index in [1.807, 2.05) is 6.07 Å². The van der Waals surface area contributed by atoms with E-state index in [1.165, 1.54) is 39.5 Å². The van der Waals surface area contributed by atoms with Crippen LogP contribution in [0.3, 0.4) is 0 Å². The summed E-state index contributed by atoms with van der Waals surface area (Å²) < 4.78 is 4.78. The first kappa shape index (κ1) is 19.6. The van der Waals surface area contributed by atoms with Gasteiger partial charge in [0.25, 0.3) is 0 Å². The van der Waals surface area contributed by atoms with Crippen molar-refractivity contribution in [1.82, 2.24) is 4.90 Å². The van der Waals surface area contributed by atoms with Gasteiger partial charge in [-0.15, -0.1) is 0 Å². The largest absolute Gasteiger partial charge is 0.478 e. The third-order valence-corrected chi connectivity index (χ3v) is 5.52. The highest BCUT2D eigenvalue weighted by Gasteiger charge is 2.26. The van der Waals surface area contributed by atoms with Gasteiger partial charge < -0.3 is 25.0 Å². The molecule has 0 aliphatic carbocycles. The van der Waals surface area contributed by atoms with Gasteiger partial charge >= 0.3 is 5.97 Å². The van der Waals surface area contributed by atoms with E-state index in [0.29, 0.717) is 11.7 Å². The lowest BCUT2D eigenvalue weighted by molar-refractivity contribution is -0.119. The molecular formula is C20H29N3O4. The zero-order chi connectivity index (χ0) is 19.2. The lowest BCUT2D eigenvalue weighted by atomic mass is 9.99. The number of nitrogens with zero attached hydrogens (tertiary/aromatic N) is 2. The van der Waals surface area contributed by atoms with E-state index in [9.17, 15) is 14.7 Å². The molecule has 2 fully saturated rings. The summed E-state index contributed by atoms with van der Waals surface area (Å²) in [5, 5.41) is 12.1. The predicted octanol–water partition coefficient (Wildman–Crippen LogP) is 2.42. The number of carboxylic acid groups (broad SMARTS) is 1. The Morgan fingerprint density at radius 1 is 1.15 bits per heavy atom. The SMILES string of the molecule is COCC(=O)Nc1ccc(N2CCC(N3CCCCC3)CC2)cc1C(=O)O. The Morgan fingerprint density at radius 2 is 1.85 bits per heavy atom. The summed E-state index contributed by atoms with van der Waals surface area (Å²) in [5.41, 5.74) is 1.31. The minimum Gasteiger partial charge on any atom is -0.478 e. The second kappa shape index (κ2) is 9.19. The Labute approximate surface area is 160 Å². The van der Waals surface area contributed by atoms with Crippen LogP contribution in [0.25, 0.3) is 0 Å². The molecule has 2 heterocycles. The number of hydrogen-bond donors (Lipinski definition) is 2. The molecule has 0 bridgehead atoms. The number of likely N-dealkylation sites (tertiary alicyclic amines) is 1. The molecule has 1 aromatic carbocycles. The molecule has 27 heavy (non-hydrogen) atoms. The average Bonchev–Trinajstić information content (AvgIpc) is 2.69. The van der Waals surface area contributed by atoms with Crippen molar-refractivity contribution in [2.45, 2.75) is 38.1 Å². The van der Waals surface area contributed by atoms with Gasteiger partial charge in [-0.1, -0.05) is 6.42 Å². The fraction of sp³-hybridized carbons (Fsp3) is 0.600. The Hall–Kier alpha value is -2.12. The molecule has 2 N–H and O–H groups in total. The number of anilines is 2. The molecule has 3 rings (SSSR count). The van der Waals surface area contributed by atoms with Crippen molar-refractivity contribution in [3.63, 3.8) is 0 Å². The van der Waals surface area contributed by atoms with Gasteiger partial charge in [0.1, 0.15) is 6.61 Å². The number of carbonyl (C=O) groups is 2. The van der Waals surface area contributed by atoms with Crippen LogP contribution in [0.15, 0.2) is 18.2 Å². The summed E-state index contributed by atoms with van der Waals surface area (Å²) >= 11 is 0. The highest BCUT2D eigenvalue weighted by molar-refractivity contribution is 6.01. The molecule has 148 valence electrons. The number of methoxy groups -OCH3 is 1. The van der Waals surface area contributed by atoms with Crippen molar-refractivity contribution in [2.24, 2.45) is 0 Å². The minimum atomic E-state index is -1.05. The molecule has 1 amide bonds. The number of carboxylic acids is 1. The van der Waals surface area contributed by atoms with Gasteiger partial charge in [0, 0.05) is 31.9 Å². The Balaban J connectivity index is 1.65. The zero-order valence-electron chi connectivity index (χ0n) is 15.9. The molecule has 2 saturated heterocycles. The van der Waals surface area contributed by atoms with E-state index in [-0.39, 0.29) is 18.1 Å². The highest BCUT2D eigenvalue weighted by atomic mass is 16.5. The Bertz CT molecular complexity index is 665. The van der Waals surface area contributed by atoms with Crippen molar-refractivity contribution >= 4 is 23.3 Å². The van der Waals surface area contributed by atoms with Crippen LogP contribution >= 0.6 is 0 Å². The highest BCUT2D eigenvalue weighted by Crippen LogP contribution is 2.28. The number of amides is 1. The summed E-state index contributed by atoms with van der Waals surface area (Å²) in [6.45, 7) is 4.17. The van der Waals surface area contributed by atoms with Gasteiger partial charge in [0.05, 0.1) is 11.3 Å². The summed E-state index contributed by atoms with van der Waals surface area (Å²) in [7, 11) is 1.42. The van der Waals surface area contributed by atoms with Crippen LogP contribution in [0.4, 0.5) is 11.4 Å². The van der Waals surface area contributed by atoms with Crippen molar-refractivity contribution in [3.05, 3.63) is 23.8 Å². The van der Waals surface area contributed by atoms with Crippen molar-refractivity contribution < 1.29 is 19.4 Å². The first-order valence-corrected chi connectivity index (χ1v) is 9.73. The first-order valence-electron chi connectivity index (χ1n) is 9.73. The van der Waals surface area contributed by atoms with Crippen LogP contribution in [-0.4, -0.2) is 67.8 Å². The molecule has 0 radical (unpaired) electrons. The van der Waals surface area contributed by atoms with Crippen LogP contribution in [0.1, 0.15) is 42.5 Å². The summed E-state index contributed by atoms with van der Waals surface area (Å²) in [5.74, 6) is -1.41. The number of benzene rings is 1. The maximum atomic E-state index is 11.7. The zero-order valence-corrected chi connectivity index (χ0v) is 15.9. The number of hydrogen-bond acceptors (Lipinski definition) is 5. The summed E-state index contributed by atoms with van der Waals surface area (Å²) in [4.78, 5) is 28.2. The fourth-order valence-corrected chi connectivity index (χ4v) is 4.10. The molecule has 2 aliphatic rings. The number of rotatable bonds is 6. The second-order valence-electron chi connectivity index (χ2n) is 7.33. The van der Waals surface area contributed by atoms with E-state index < -0.39 is 5.97 Å². The van der Waals surface area contributed by atoms with Crippen LogP contribution in [0.2, 0.25) is 0 Å². The van der Waals surface area contributed by atoms with Crippen molar-refractivity contribution in [1.29, 1.82) is 0 Å². The standard InChI is InChI=1S/C20H29N3O4/c1-27-14-19(24)21-18-6-5-16(13-17(18)20(25)26)23-11-7-15(8-12-23)22-9-3-2-4-10-22/h5-6,13,15H,2-4,7-12,14H2,1H3,(H,21,24)(H,25,26). The number of nitrogens with one attached hydrogen (secondary N) is 1. The molecule has 2 aliphatic heterocycles. The van der Waals surface area contributed by atoms with Gasteiger partial charge in [-0.25, -0.2) is 4.79 Å². The first-order chi connectivity index (χ1) is 13.1. The topological polar surface area (TPSA) is 82.1 Å². The van der Waals surface area contributed by atoms with E-state index in [4.69, 9.17) is 4.74 Å². The number of aromatic carboxylic acids is 1. The predicted molar refractivity (Wildman–Crippen MR) is 105 cm³/mol. The number of carbonyl (C=O) groups excluding carboxylic acids is 1. The molecule has 0 saturated carbocycles. The molecule has 0 atom stereocenters. The number of ether oxygens (including phenoxy) is 1. The van der Waals surface area contributed by atoms with Crippen LogP contribution in [-0.2, 0) is 9.53 Å².